The summed E-state index contributed by atoms with van der Waals surface area (Å²) in [7, 11) is 0. The van der Waals surface area contributed by atoms with Gasteiger partial charge in [-0.3, -0.25) is 19.0 Å². The second-order valence-corrected chi connectivity index (χ2v) is 11.0. The van der Waals surface area contributed by atoms with Gasteiger partial charge in [0.2, 0.25) is 0 Å². The van der Waals surface area contributed by atoms with Gasteiger partial charge < -0.3 is 19.8 Å². The Kier molecular flexibility index (Phi) is 7.77. The maximum atomic E-state index is 14.0. The average molecular weight is 545 g/mol. The molecule has 10 heteroatoms. The van der Waals surface area contributed by atoms with E-state index >= 15 is 0 Å². The van der Waals surface area contributed by atoms with Crippen molar-refractivity contribution in [1.82, 2.24) is 19.3 Å². The first-order valence-electron chi connectivity index (χ1n) is 13.5. The highest BCUT2D eigenvalue weighted by atomic mass is 35.5. The van der Waals surface area contributed by atoms with E-state index < -0.39 is 23.0 Å². The second-order valence-electron chi connectivity index (χ2n) is 10.6. The highest BCUT2D eigenvalue weighted by Crippen LogP contribution is 2.32. The number of carbonyl (C=O) groups is 2. The molecule has 0 radical (unpaired) electrons. The Morgan fingerprint density at radius 3 is 2.45 bits per heavy atom. The molecule has 1 N–H and O–H groups in total. The first-order valence-corrected chi connectivity index (χ1v) is 13.9. The van der Waals surface area contributed by atoms with Crippen LogP contribution in [0.25, 0.3) is 0 Å². The number of likely N-dealkylation sites (tertiary alicyclic amines) is 1. The molecule has 38 heavy (non-hydrogen) atoms. The van der Waals surface area contributed by atoms with Crippen LogP contribution >= 0.6 is 11.6 Å². The lowest BCUT2D eigenvalue weighted by molar-refractivity contribution is 0.0704. The number of nitrogens with zero attached hydrogens (tertiary/aromatic N) is 4. The van der Waals surface area contributed by atoms with Crippen LogP contribution in [0.5, 0.6) is 5.75 Å². The lowest BCUT2D eigenvalue weighted by Gasteiger charge is -2.32. The Bertz CT molecular complexity index is 1310. The number of halogens is 2. The number of pyridine rings is 1. The lowest BCUT2D eigenvalue weighted by Crippen LogP contribution is -2.44. The van der Waals surface area contributed by atoms with Crippen LogP contribution < -0.4 is 5.56 Å². The van der Waals surface area contributed by atoms with E-state index in [-0.39, 0.29) is 34.8 Å². The summed E-state index contributed by atoms with van der Waals surface area (Å²) in [4.78, 5) is 46.9. The van der Waals surface area contributed by atoms with Crippen molar-refractivity contribution < 1.29 is 19.1 Å². The molecule has 3 aliphatic heterocycles. The number of benzene rings is 1. The molecule has 3 aliphatic rings. The molecule has 2 aromatic rings. The van der Waals surface area contributed by atoms with Gasteiger partial charge in [-0.25, -0.2) is 4.39 Å². The van der Waals surface area contributed by atoms with Crippen molar-refractivity contribution in [3.63, 3.8) is 0 Å². The summed E-state index contributed by atoms with van der Waals surface area (Å²) >= 11 is 5.94. The molecule has 0 saturated carbocycles. The highest BCUT2D eigenvalue weighted by Gasteiger charge is 2.36. The molecular formula is C28H34ClFN4O4. The Balaban J connectivity index is 1.53. The summed E-state index contributed by atoms with van der Waals surface area (Å²) in [5.74, 6) is -1.92. The standard InChI is InChI=1S/C28H34ClFN4O4/c1-18-6-4-12-32(15-14-31-10-2-3-11-31)27(37)24-20-7-5-13-33(17-19-8-9-22(30)21(29)16-19)26(36)23(20)25(35)28(38)34(18)24/h8-9,16,18,35H,2-7,10-15,17H2,1H3. The summed E-state index contributed by atoms with van der Waals surface area (Å²) < 4.78 is 15.1. The van der Waals surface area contributed by atoms with E-state index in [1.165, 1.54) is 34.4 Å². The monoisotopic (exact) mass is 544 g/mol. The molecular weight excluding hydrogens is 511 g/mol. The number of aromatic nitrogens is 1. The fourth-order valence-corrected chi connectivity index (χ4v) is 6.21. The third-order valence-electron chi connectivity index (χ3n) is 8.07. The molecule has 1 aromatic carbocycles. The van der Waals surface area contributed by atoms with Gasteiger partial charge in [0, 0.05) is 38.8 Å². The third-order valence-corrected chi connectivity index (χ3v) is 8.36. The van der Waals surface area contributed by atoms with Gasteiger partial charge in [0.1, 0.15) is 11.5 Å². The normalized spacial score (nSPS) is 20.7. The molecule has 8 nitrogen and oxygen atoms in total. The SMILES string of the molecule is CC1CCCN(CCN2CCCC2)C(=O)c2c3c(c(O)c(=O)n21)C(=O)N(Cc1ccc(F)c(Cl)c1)CCC3. The molecule has 1 fully saturated rings. The van der Waals surface area contributed by atoms with Crippen molar-refractivity contribution in [2.24, 2.45) is 0 Å². The largest absolute Gasteiger partial charge is 0.502 e. The summed E-state index contributed by atoms with van der Waals surface area (Å²) in [6, 6.07) is 3.99. The Labute approximate surface area is 226 Å². The minimum Gasteiger partial charge on any atom is -0.502 e. The topological polar surface area (TPSA) is 86.1 Å². The van der Waals surface area contributed by atoms with Crippen LogP contribution in [0, 0.1) is 5.82 Å². The van der Waals surface area contributed by atoms with E-state index in [1.807, 2.05) is 6.92 Å². The van der Waals surface area contributed by atoms with Gasteiger partial charge in [-0.1, -0.05) is 17.7 Å². The lowest BCUT2D eigenvalue weighted by atomic mass is 9.97. The van der Waals surface area contributed by atoms with E-state index in [4.69, 9.17) is 11.6 Å². The highest BCUT2D eigenvalue weighted by molar-refractivity contribution is 6.30. The van der Waals surface area contributed by atoms with Gasteiger partial charge in [-0.2, -0.15) is 0 Å². The van der Waals surface area contributed by atoms with E-state index in [0.29, 0.717) is 50.0 Å². The smallest absolute Gasteiger partial charge is 0.294 e. The maximum absolute atomic E-state index is 14.0. The second kappa shape index (κ2) is 11.1. The fourth-order valence-electron chi connectivity index (χ4n) is 6.01. The van der Waals surface area contributed by atoms with Crippen molar-refractivity contribution >= 4 is 23.4 Å². The van der Waals surface area contributed by atoms with Crippen LogP contribution in [0.15, 0.2) is 23.0 Å². The van der Waals surface area contributed by atoms with Crippen molar-refractivity contribution in [3.05, 3.63) is 61.8 Å². The van der Waals surface area contributed by atoms with Gasteiger partial charge in [0.15, 0.2) is 5.75 Å². The van der Waals surface area contributed by atoms with E-state index in [9.17, 15) is 23.9 Å². The molecule has 0 bridgehead atoms. The minimum absolute atomic E-state index is 0.0405. The zero-order chi connectivity index (χ0) is 27.0. The minimum atomic E-state index is -0.707. The number of amides is 2. The van der Waals surface area contributed by atoms with E-state index in [0.717, 1.165) is 26.1 Å². The molecule has 204 valence electrons. The van der Waals surface area contributed by atoms with Crippen molar-refractivity contribution in [2.75, 3.05) is 39.3 Å². The van der Waals surface area contributed by atoms with Gasteiger partial charge in [-0.15, -0.1) is 0 Å². The Hall–Kier alpha value is -2.91. The third kappa shape index (κ3) is 5.06. The predicted octanol–water partition coefficient (Wildman–Crippen LogP) is 3.83. The predicted molar refractivity (Wildman–Crippen MR) is 142 cm³/mol. The van der Waals surface area contributed by atoms with Crippen molar-refractivity contribution in [1.29, 1.82) is 0 Å². The zero-order valence-electron chi connectivity index (χ0n) is 21.7. The van der Waals surface area contributed by atoms with Gasteiger partial charge in [0.05, 0.1) is 10.6 Å². The number of carbonyl (C=O) groups excluding carboxylic acids is 2. The molecule has 0 spiro atoms. The molecule has 1 aromatic heterocycles. The van der Waals surface area contributed by atoms with Crippen molar-refractivity contribution in [2.45, 2.75) is 58.0 Å². The Morgan fingerprint density at radius 1 is 0.974 bits per heavy atom. The van der Waals surface area contributed by atoms with Crippen LogP contribution in [0.1, 0.15) is 77.0 Å². The van der Waals surface area contributed by atoms with Crippen molar-refractivity contribution in [3.8, 4) is 5.75 Å². The number of hydrogen-bond acceptors (Lipinski definition) is 5. The molecule has 1 saturated heterocycles. The molecule has 5 rings (SSSR count). The summed E-state index contributed by atoms with van der Waals surface area (Å²) in [6.07, 6.45) is 4.70. The van der Waals surface area contributed by atoms with E-state index in [2.05, 4.69) is 4.90 Å². The molecule has 2 amide bonds. The number of fused-ring (bicyclic) bond motifs is 3. The first-order chi connectivity index (χ1) is 18.3. The van der Waals surface area contributed by atoms with Crippen LogP contribution in [0.4, 0.5) is 4.39 Å². The zero-order valence-corrected chi connectivity index (χ0v) is 22.5. The van der Waals surface area contributed by atoms with Crippen LogP contribution in [-0.2, 0) is 13.0 Å². The van der Waals surface area contributed by atoms with Gasteiger partial charge in [0.25, 0.3) is 17.4 Å². The number of rotatable bonds is 5. The average Bonchev–Trinajstić information content (AvgIpc) is 3.36. The fraction of sp³-hybridized carbons (Fsp3) is 0.536. The quantitative estimate of drug-likeness (QED) is 0.618. The summed E-state index contributed by atoms with van der Waals surface area (Å²) in [6.45, 7) is 6.37. The summed E-state index contributed by atoms with van der Waals surface area (Å²) in [5, 5.41) is 11.0. The number of aromatic hydroxyl groups is 1. The summed E-state index contributed by atoms with van der Waals surface area (Å²) in [5.41, 5.74) is 0.509. The molecule has 4 heterocycles. The van der Waals surface area contributed by atoms with Gasteiger partial charge >= 0.3 is 0 Å². The van der Waals surface area contributed by atoms with E-state index in [1.54, 1.807) is 11.0 Å². The van der Waals surface area contributed by atoms with Crippen LogP contribution in [0.2, 0.25) is 5.02 Å². The molecule has 1 unspecified atom stereocenters. The molecule has 0 aliphatic carbocycles. The van der Waals surface area contributed by atoms with Crippen LogP contribution in [0.3, 0.4) is 0 Å². The van der Waals surface area contributed by atoms with Gasteiger partial charge in [-0.05, 0) is 81.8 Å². The Morgan fingerprint density at radius 2 is 1.71 bits per heavy atom. The van der Waals surface area contributed by atoms with Crippen LogP contribution in [-0.4, -0.2) is 75.5 Å². The first kappa shape index (κ1) is 26.7. The molecule has 1 atom stereocenters. The maximum Gasteiger partial charge on any atom is 0.294 e. The number of hydrogen-bond donors (Lipinski definition) is 1.